The Hall–Kier alpha value is -2.99. The molecule has 1 aromatic heterocycles. The maximum absolute atomic E-state index is 11.9. The quantitative estimate of drug-likeness (QED) is 0.394. The number of carbonyl (C=O) groups is 1. The highest BCUT2D eigenvalue weighted by molar-refractivity contribution is 7.98. The van der Waals surface area contributed by atoms with Gasteiger partial charge < -0.3 is 20.7 Å². The first-order valence-corrected chi connectivity index (χ1v) is 13.3. The summed E-state index contributed by atoms with van der Waals surface area (Å²) in [6.45, 7) is 7.61. The summed E-state index contributed by atoms with van der Waals surface area (Å²) < 4.78 is 5.32. The number of thioether (sulfide) groups is 1. The fourth-order valence-electron chi connectivity index (χ4n) is 4.13. The topological polar surface area (TPSA) is 112 Å². The molecular formula is C26H36N6O2S. The van der Waals surface area contributed by atoms with Crippen LogP contribution in [0, 0.1) is 23.2 Å². The summed E-state index contributed by atoms with van der Waals surface area (Å²) >= 11 is 1.71. The number of nitriles is 1. The molecule has 35 heavy (non-hydrogen) atoms. The molecule has 0 bridgehead atoms. The van der Waals surface area contributed by atoms with Crippen LogP contribution in [-0.4, -0.2) is 41.0 Å². The molecule has 188 valence electrons. The second kappa shape index (κ2) is 12.6. The summed E-state index contributed by atoms with van der Waals surface area (Å²) in [4.78, 5) is 22.0. The van der Waals surface area contributed by atoms with E-state index >= 15 is 0 Å². The van der Waals surface area contributed by atoms with E-state index in [9.17, 15) is 10.1 Å². The normalized spacial score (nSPS) is 17.8. The van der Waals surface area contributed by atoms with Gasteiger partial charge in [0.05, 0.1) is 6.20 Å². The van der Waals surface area contributed by atoms with Gasteiger partial charge in [-0.25, -0.2) is 9.78 Å². The Kier molecular flexibility index (Phi) is 9.61. The molecule has 0 radical (unpaired) electrons. The van der Waals surface area contributed by atoms with Crippen molar-refractivity contribution < 1.29 is 9.53 Å². The third kappa shape index (κ3) is 8.62. The first kappa shape index (κ1) is 26.6. The van der Waals surface area contributed by atoms with Crippen LogP contribution in [0.25, 0.3) is 0 Å². The van der Waals surface area contributed by atoms with Gasteiger partial charge in [-0.05, 0) is 76.2 Å². The maximum Gasteiger partial charge on any atom is 0.407 e. The van der Waals surface area contributed by atoms with E-state index in [0.29, 0.717) is 42.3 Å². The minimum Gasteiger partial charge on any atom is -0.444 e. The maximum atomic E-state index is 11.9. The predicted molar refractivity (Wildman–Crippen MR) is 140 cm³/mol. The molecule has 0 unspecified atom stereocenters. The van der Waals surface area contributed by atoms with Crippen LogP contribution in [0.2, 0.25) is 0 Å². The van der Waals surface area contributed by atoms with E-state index in [1.807, 2.05) is 32.9 Å². The van der Waals surface area contributed by atoms with Gasteiger partial charge in [-0.2, -0.15) is 10.2 Å². The predicted octanol–water partition coefficient (Wildman–Crippen LogP) is 5.43. The molecule has 0 saturated heterocycles. The van der Waals surface area contributed by atoms with Crippen LogP contribution in [0.5, 0.6) is 0 Å². The van der Waals surface area contributed by atoms with E-state index in [1.165, 1.54) is 10.5 Å². The molecule has 1 fully saturated rings. The van der Waals surface area contributed by atoms with Crippen LogP contribution in [0.15, 0.2) is 35.4 Å². The molecule has 1 aliphatic rings. The molecule has 3 N–H and O–H groups in total. The van der Waals surface area contributed by atoms with E-state index in [4.69, 9.17) is 4.74 Å². The number of nitrogens with zero attached hydrogens (tertiary/aromatic N) is 3. The molecule has 1 heterocycles. The van der Waals surface area contributed by atoms with Gasteiger partial charge in [0.15, 0.2) is 0 Å². The molecule has 0 atom stereocenters. The fraction of sp³-hybridized carbons (Fsp3) is 0.538. The summed E-state index contributed by atoms with van der Waals surface area (Å²) in [5.74, 6) is 2.03. The Labute approximate surface area is 212 Å². The van der Waals surface area contributed by atoms with E-state index in [0.717, 1.165) is 32.2 Å². The molecule has 1 aliphatic carbocycles. The van der Waals surface area contributed by atoms with Gasteiger partial charge in [0.25, 0.3) is 0 Å². The zero-order chi connectivity index (χ0) is 25.3. The van der Waals surface area contributed by atoms with Gasteiger partial charge in [-0.3, -0.25) is 0 Å². The molecule has 1 saturated carbocycles. The minimum atomic E-state index is -0.481. The lowest BCUT2D eigenvalue weighted by molar-refractivity contribution is 0.0513. The Morgan fingerprint density at radius 1 is 1.14 bits per heavy atom. The molecule has 3 rings (SSSR count). The van der Waals surface area contributed by atoms with Crippen molar-refractivity contribution >= 4 is 29.6 Å². The molecular weight excluding hydrogens is 460 g/mol. The molecule has 8 nitrogen and oxygen atoms in total. The minimum absolute atomic E-state index is 0.351. The van der Waals surface area contributed by atoms with Crippen LogP contribution in [0.1, 0.15) is 57.6 Å². The zero-order valence-electron chi connectivity index (χ0n) is 21.1. The Morgan fingerprint density at radius 2 is 1.83 bits per heavy atom. The highest BCUT2D eigenvalue weighted by atomic mass is 32.2. The Morgan fingerprint density at radius 3 is 2.49 bits per heavy atom. The lowest BCUT2D eigenvalue weighted by Gasteiger charge is -2.29. The van der Waals surface area contributed by atoms with Gasteiger partial charge in [0.2, 0.25) is 5.95 Å². The van der Waals surface area contributed by atoms with Gasteiger partial charge in [-0.15, -0.1) is 11.8 Å². The average Bonchev–Trinajstić information content (AvgIpc) is 2.84. The first-order chi connectivity index (χ1) is 16.8. The lowest BCUT2D eigenvalue weighted by atomic mass is 9.82. The molecule has 0 spiro atoms. The zero-order valence-corrected chi connectivity index (χ0v) is 21.9. The van der Waals surface area contributed by atoms with E-state index < -0.39 is 5.60 Å². The Balaban J connectivity index is 1.47. The molecule has 1 amide bonds. The third-order valence-electron chi connectivity index (χ3n) is 6.00. The summed E-state index contributed by atoms with van der Waals surface area (Å²) in [6.07, 6.45) is 7.52. The van der Waals surface area contributed by atoms with Crippen molar-refractivity contribution in [3.8, 4) is 6.07 Å². The monoisotopic (exact) mass is 496 g/mol. The number of rotatable bonds is 9. The standard InChI is InChI=1S/C26H36N6O2S/c1-26(2,3)34-25(33)31-15-19-11-9-18(10-12-19)14-28-23-21(13-27)17-30-24(32-23)29-16-20-7-5-6-8-22(20)35-4/h5-8,17-19H,9-12,14-16H2,1-4H3,(H,31,33)(H2,28,29,30,32). The SMILES string of the molecule is CSc1ccccc1CNc1ncc(C#N)c(NCC2CCC(CNC(=O)OC(C)(C)C)CC2)n1. The molecule has 9 heteroatoms. The van der Waals surface area contributed by atoms with Crippen molar-refractivity contribution in [1.82, 2.24) is 15.3 Å². The number of anilines is 2. The van der Waals surface area contributed by atoms with E-state index in [1.54, 1.807) is 18.0 Å². The highest BCUT2D eigenvalue weighted by Gasteiger charge is 2.23. The number of ether oxygens (including phenoxy) is 1. The summed E-state index contributed by atoms with van der Waals surface area (Å²) in [5, 5.41) is 19.0. The smallest absolute Gasteiger partial charge is 0.407 e. The van der Waals surface area contributed by atoms with Crippen molar-refractivity contribution in [2.45, 2.75) is 63.5 Å². The van der Waals surface area contributed by atoms with Gasteiger partial charge in [-0.1, -0.05) is 18.2 Å². The molecule has 1 aromatic carbocycles. The van der Waals surface area contributed by atoms with Gasteiger partial charge in [0.1, 0.15) is 23.1 Å². The van der Waals surface area contributed by atoms with Crippen LogP contribution < -0.4 is 16.0 Å². The number of amides is 1. The van der Waals surface area contributed by atoms with E-state index in [-0.39, 0.29) is 6.09 Å². The number of nitrogens with one attached hydrogen (secondary N) is 3. The van der Waals surface area contributed by atoms with Crippen molar-refractivity contribution in [3.05, 3.63) is 41.6 Å². The van der Waals surface area contributed by atoms with Crippen LogP contribution in [-0.2, 0) is 11.3 Å². The number of hydrogen-bond acceptors (Lipinski definition) is 8. The summed E-state index contributed by atoms with van der Waals surface area (Å²) in [6, 6.07) is 10.4. The summed E-state index contributed by atoms with van der Waals surface area (Å²) in [7, 11) is 0. The third-order valence-corrected chi connectivity index (χ3v) is 6.84. The van der Waals surface area contributed by atoms with Crippen LogP contribution in [0.4, 0.5) is 16.6 Å². The highest BCUT2D eigenvalue weighted by Crippen LogP contribution is 2.29. The fourth-order valence-corrected chi connectivity index (χ4v) is 4.75. The molecule has 0 aliphatic heterocycles. The number of hydrogen-bond donors (Lipinski definition) is 3. The number of carbonyl (C=O) groups excluding carboxylic acids is 1. The number of alkyl carbamates (subject to hydrolysis) is 1. The van der Waals surface area contributed by atoms with Crippen molar-refractivity contribution in [2.24, 2.45) is 11.8 Å². The van der Waals surface area contributed by atoms with Gasteiger partial charge >= 0.3 is 6.09 Å². The van der Waals surface area contributed by atoms with Crippen molar-refractivity contribution in [3.63, 3.8) is 0 Å². The largest absolute Gasteiger partial charge is 0.444 e. The van der Waals surface area contributed by atoms with Crippen molar-refractivity contribution in [2.75, 3.05) is 30.0 Å². The average molecular weight is 497 g/mol. The first-order valence-electron chi connectivity index (χ1n) is 12.1. The Bertz CT molecular complexity index is 1030. The number of aromatic nitrogens is 2. The van der Waals surface area contributed by atoms with E-state index in [2.05, 4.69) is 50.4 Å². The summed E-state index contributed by atoms with van der Waals surface area (Å²) in [5.41, 5.74) is 1.14. The van der Waals surface area contributed by atoms with Crippen LogP contribution in [0.3, 0.4) is 0 Å². The molecule has 2 aromatic rings. The van der Waals surface area contributed by atoms with Crippen LogP contribution >= 0.6 is 11.8 Å². The lowest BCUT2D eigenvalue weighted by Crippen LogP contribution is -2.36. The van der Waals surface area contributed by atoms with Crippen molar-refractivity contribution in [1.29, 1.82) is 5.26 Å². The number of benzene rings is 1. The second-order valence-electron chi connectivity index (χ2n) is 9.88. The van der Waals surface area contributed by atoms with Gasteiger partial charge in [0, 0.05) is 24.5 Å². The second-order valence-corrected chi connectivity index (χ2v) is 10.7.